The fraction of sp³-hybridized carbons (Fsp3) is 0.217. The number of anilines is 1. The van der Waals surface area contributed by atoms with Crippen molar-refractivity contribution in [2.45, 2.75) is 20.8 Å². The van der Waals surface area contributed by atoms with Crippen molar-refractivity contribution in [1.82, 2.24) is 4.98 Å². The second kappa shape index (κ2) is 7.24. The van der Waals surface area contributed by atoms with Crippen molar-refractivity contribution in [3.05, 3.63) is 64.5 Å². The van der Waals surface area contributed by atoms with Crippen molar-refractivity contribution in [1.29, 1.82) is 0 Å². The van der Waals surface area contributed by atoms with E-state index in [-0.39, 0.29) is 5.91 Å². The SMILES string of the molecule is CCN(C(=O)c1cc2cc3cc(OC)ccc3nc2s1)c1cc(C)ccc1C. The smallest absolute Gasteiger partial charge is 0.268 e. The van der Waals surface area contributed by atoms with Crippen LogP contribution in [-0.2, 0) is 0 Å². The number of aryl methyl sites for hydroxylation is 2. The average molecular weight is 391 g/mol. The second-order valence-corrected chi connectivity index (χ2v) is 7.92. The summed E-state index contributed by atoms with van der Waals surface area (Å²) in [6, 6.07) is 16.0. The van der Waals surface area contributed by atoms with Crippen molar-refractivity contribution in [3.8, 4) is 5.75 Å². The summed E-state index contributed by atoms with van der Waals surface area (Å²) in [5.74, 6) is 0.813. The zero-order valence-electron chi connectivity index (χ0n) is 16.4. The maximum Gasteiger partial charge on any atom is 0.268 e. The third kappa shape index (κ3) is 3.22. The molecule has 0 aliphatic rings. The highest BCUT2D eigenvalue weighted by Crippen LogP contribution is 2.31. The lowest BCUT2D eigenvalue weighted by Crippen LogP contribution is -2.30. The number of rotatable bonds is 4. The highest BCUT2D eigenvalue weighted by atomic mass is 32.1. The molecule has 5 heteroatoms. The number of aromatic nitrogens is 1. The molecule has 0 saturated carbocycles. The van der Waals surface area contributed by atoms with Crippen LogP contribution in [0, 0.1) is 13.8 Å². The Hall–Kier alpha value is -2.92. The summed E-state index contributed by atoms with van der Waals surface area (Å²) < 4.78 is 5.31. The van der Waals surface area contributed by atoms with Crippen molar-refractivity contribution in [2.75, 3.05) is 18.6 Å². The van der Waals surface area contributed by atoms with Crippen LogP contribution in [0.2, 0.25) is 0 Å². The van der Waals surface area contributed by atoms with Crippen LogP contribution < -0.4 is 9.64 Å². The highest BCUT2D eigenvalue weighted by Gasteiger charge is 2.20. The summed E-state index contributed by atoms with van der Waals surface area (Å²) >= 11 is 1.45. The lowest BCUT2D eigenvalue weighted by molar-refractivity contribution is 0.0992. The maximum absolute atomic E-state index is 13.3. The van der Waals surface area contributed by atoms with Gasteiger partial charge in [-0.1, -0.05) is 12.1 Å². The lowest BCUT2D eigenvalue weighted by atomic mass is 10.1. The Morgan fingerprint density at radius 2 is 1.89 bits per heavy atom. The molecule has 1 amide bonds. The first-order valence-corrected chi connectivity index (χ1v) is 10.1. The highest BCUT2D eigenvalue weighted by molar-refractivity contribution is 7.20. The third-order valence-corrected chi connectivity index (χ3v) is 5.97. The van der Waals surface area contributed by atoms with Gasteiger partial charge in [-0.25, -0.2) is 4.98 Å². The fourth-order valence-electron chi connectivity index (χ4n) is 3.41. The van der Waals surface area contributed by atoms with E-state index in [0.29, 0.717) is 11.4 Å². The molecule has 0 aliphatic heterocycles. The van der Waals surface area contributed by atoms with Crippen LogP contribution in [0.15, 0.2) is 48.5 Å². The minimum absolute atomic E-state index is 0.0147. The van der Waals surface area contributed by atoms with E-state index < -0.39 is 0 Å². The number of pyridine rings is 1. The largest absolute Gasteiger partial charge is 0.497 e. The van der Waals surface area contributed by atoms with E-state index in [9.17, 15) is 4.79 Å². The van der Waals surface area contributed by atoms with Crippen LogP contribution in [-0.4, -0.2) is 24.5 Å². The number of thiophene rings is 1. The molecule has 28 heavy (non-hydrogen) atoms. The number of fused-ring (bicyclic) bond motifs is 2. The standard InChI is InChI=1S/C23H22N2O2S/c1-5-25(20-10-14(2)6-7-15(20)3)23(26)21-13-17-11-16-12-18(27-4)8-9-19(16)24-22(17)28-21/h6-13H,5H2,1-4H3. The van der Waals surface area contributed by atoms with Crippen LogP contribution in [0.1, 0.15) is 27.7 Å². The van der Waals surface area contributed by atoms with Gasteiger partial charge in [0.2, 0.25) is 0 Å². The number of hydrogen-bond donors (Lipinski definition) is 0. The zero-order valence-corrected chi connectivity index (χ0v) is 17.3. The summed E-state index contributed by atoms with van der Waals surface area (Å²) in [6.45, 7) is 6.71. The summed E-state index contributed by atoms with van der Waals surface area (Å²) in [6.07, 6.45) is 0. The molecule has 0 bridgehead atoms. The number of benzene rings is 2. The molecular formula is C23H22N2O2S. The van der Waals surface area contributed by atoms with Crippen LogP contribution in [0.3, 0.4) is 0 Å². The first-order chi connectivity index (χ1) is 13.5. The predicted molar refractivity (Wildman–Crippen MR) is 117 cm³/mol. The molecule has 0 spiro atoms. The summed E-state index contributed by atoms with van der Waals surface area (Å²) in [7, 11) is 1.65. The molecule has 2 heterocycles. The number of methoxy groups -OCH3 is 1. The van der Waals surface area contributed by atoms with Gasteiger partial charge >= 0.3 is 0 Å². The molecule has 0 fully saturated rings. The Balaban J connectivity index is 1.77. The van der Waals surface area contributed by atoms with Crippen LogP contribution in [0.25, 0.3) is 21.1 Å². The van der Waals surface area contributed by atoms with Crippen molar-refractivity contribution >= 4 is 44.1 Å². The van der Waals surface area contributed by atoms with Crippen molar-refractivity contribution in [3.63, 3.8) is 0 Å². The first kappa shape index (κ1) is 18.4. The predicted octanol–water partition coefficient (Wildman–Crippen LogP) is 5.74. The molecule has 142 valence electrons. The average Bonchev–Trinajstić information content (AvgIpc) is 3.11. The Bertz CT molecular complexity index is 1200. The number of hydrogen-bond acceptors (Lipinski definition) is 4. The Morgan fingerprint density at radius 1 is 1.07 bits per heavy atom. The summed E-state index contributed by atoms with van der Waals surface area (Å²) in [5, 5.41) is 1.98. The number of carbonyl (C=O) groups excluding carboxylic acids is 1. The molecule has 0 radical (unpaired) electrons. The Labute approximate surface area is 168 Å². The van der Waals surface area contributed by atoms with E-state index in [4.69, 9.17) is 9.72 Å². The van der Waals surface area contributed by atoms with Gasteiger partial charge in [0.05, 0.1) is 17.5 Å². The van der Waals surface area contributed by atoms with E-state index in [2.05, 4.69) is 24.3 Å². The Morgan fingerprint density at radius 3 is 2.64 bits per heavy atom. The summed E-state index contributed by atoms with van der Waals surface area (Å²) in [5.41, 5.74) is 4.10. The topological polar surface area (TPSA) is 42.4 Å². The minimum Gasteiger partial charge on any atom is -0.497 e. The molecule has 4 aromatic rings. The van der Waals surface area contributed by atoms with Gasteiger partial charge in [-0.3, -0.25) is 4.79 Å². The zero-order chi connectivity index (χ0) is 19.8. The molecule has 0 N–H and O–H groups in total. The molecule has 0 aliphatic carbocycles. The molecule has 4 nitrogen and oxygen atoms in total. The van der Waals surface area contributed by atoms with Crippen LogP contribution >= 0.6 is 11.3 Å². The van der Waals surface area contributed by atoms with Gasteiger partial charge in [0.1, 0.15) is 10.6 Å². The quantitative estimate of drug-likeness (QED) is 0.446. The lowest BCUT2D eigenvalue weighted by Gasteiger charge is -2.22. The molecule has 2 aromatic carbocycles. The van der Waals surface area contributed by atoms with E-state index >= 15 is 0 Å². The van der Waals surface area contributed by atoms with E-state index in [1.54, 1.807) is 7.11 Å². The Kier molecular flexibility index (Phi) is 4.77. The van der Waals surface area contributed by atoms with Crippen LogP contribution in [0.5, 0.6) is 5.75 Å². The molecule has 4 rings (SSSR count). The second-order valence-electron chi connectivity index (χ2n) is 6.89. The monoisotopic (exact) mass is 390 g/mol. The van der Waals surface area contributed by atoms with Gasteiger partial charge in [-0.2, -0.15) is 0 Å². The van der Waals surface area contributed by atoms with E-state index in [0.717, 1.165) is 43.7 Å². The normalized spacial score (nSPS) is 11.1. The molecule has 0 unspecified atom stereocenters. The van der Waals surface area contributed by atoms with Gasteiger partial charge in [-0.15, -0.1) is 11.3 Å². The number of amides is 1. The van der Waals surface area contributed by atoms with E-state index in [1.165, 1.54) is 11.3 Å². The van der Waals surface area contributed by atoms with E-state index in [1.807, 2.05) is 49.9 Å². The maximum atomic E-state index is 13.3. The third-order valence-electron chi connectivity index (χ3n) is 4.94. The first-order valence-electron chi connectivity index (χ1n) is 9.27. The molecule has 0 saturated heterocycles. The molecule has 0 atom stereocenters. The van der Waals surface area contributed by atoms with Crippen molar-refractivity contribution < 1.29 is 9.53 Å². The summed E-state index contributed by atoms with van der Waals surface area (Å²) in [4.78, 5) is 21.4. The number of nitrogens with zero attached hydrogens (tertiary/aromatic N) is 2. The number of carbonyl (C=O) groups is 1. The van der Waals surface area contributed by atoms with Gasteiger partial charge in [-0.05, 0) is 68.3 Å². The molecular weight excluding hydrogens is 368 g/mol. The molecule has 2 aromatic heterocycles. The minimum atomic E-state index is 0.0147. The van der Waals surface area contributed by atoms with Gasteiger partial charge in [0, 0.05) is 23.0 Å². The van der Waals surface area contributed by atoms with Gasteiger partial charge < -0.3 is 9.64 Å². The van der Waals surface area contributed by atoms with Gasteiger partial charge in [0.15, 0.2) is 0 Å². The fourth-order valence-corrected chi connectivity index (χ4v) is 4.38. The van der Waals surface area contributed by atoms with Crippen molar-refractivity contribution in [2.24, 2.45) is 0 Å². The number of ether oxygens (including phenoxy) is 1. The van der Waals surface area contributed by atoms with Crippen LogP contribution in [0.4, 0.5) is 5.69 Å². The van der Waals surface area contributed by atoms with Gasteiger partial charge in [0.25, 0.3) is 5.91 Å².